The molecule has 1 rings (SSSR count). The Hall–Kier alpha value is -0.0800. The lowest BCUT2D eigenvalue weighted by Crippen LogP contribution is -2.28. The minimum absolute atomic E-state index is 0.253. The zero-order valence-electron chi connectivity index (χ0n) is 9.50. The predicted molar refractivity (Wildman–Crippen MR) is 60.3 cm³/mol. The Morgan fingerprint density at radius 2 is 1.86 bits per heavy atom. The summed E-state index contributed by atoms with van der Waals surface area (Å²) in [6.07, 6.45) is 10.7. The van der Waals surface area contributed by atoms with Gasteiger partial charge in [-0.3, -0.25) is 0 Å². The maximum absolute atomic E-state index is 5.92. The van der Waals surface area contributed by atoms with Crippen LogP contribution < -0.4 is 5.73 Å². The van der Waals surface area contributed by atoms with Crippen molar-refractivity contribution >= 4 is 0 Å². The van der Waals surface area contributed by atoms with Gasteiger partial charge >= 0.3 is 0 Å². The lowest BCUT2D eigenvalue weighted by molar-refractivity contribution is 0.0335. The molecule has 14 heavy (non-hydrogen) atoms. The number of hydrogen-bond acceptors (Lipinski definition) is 2. The molecule has 0 saturated heterocycles. The van der Waals surface area contributed by atoms with Gasteiger partial charge < -0.3 is 10.5 Å². The first kappa shape index (κ1) is 12.0. The summed E-state index contributed by atoms with van der Waals surface area (Å²) in [5, 5.41) is 0. The van der Waals surface area contributed by atoms with E-state index in [2.05, 4.69) is 6.92 Å². The number of rotatable bonds is 5. The smallest absolute Gasteiger partial charge is 0.0621 e. The van der Waals surface area contributed by atoms with Crippen molar-refractivity contribution in [2.24, 2.45) is 5.73 Å². The molecule has 1 saturated carbocycles. The van der Waals surface area contributed by atoms with Crippen molar-refractivity contribution in [2.45, 2.75) is 70.4 Å². The molecule has 1 fully saturated rings. The number of nitrogens with two attached hydrogens (primary N) is 1. The maximum atomic E-state index is 5.92. The van der Waals surface area contributed by atoms with Crippen LogP contribution in [0, 0.1) is 0 Å². The quantitative estimate of drug-likeness (QED) is 0.691. The summed E-state index contributed by atoms with van der Waals surface area (Å²) in [5.74, 6) is 0. The van der Waals surface area contributed by atoms with Crippen molar-refractivity contribution < 1.29 is 4.74 Å². The van der Waals surface area contributed by atoms with E-state index >= 15 is 0 Å². The van der Waals surface area contributed by atoms with Crippen molar-refractivity contribution in [3.8, 4) is 0 Å². The van der Waals surface area contributed by atoms with E-state index in [4.69, 9.17) is 10.5 Å². The van der Waals surface area contributed by atoms with E-state index in [1.807, 2.05) is 0 Å². The predicted octanol–water partition coefficient (Wildman–Crippen LogP) is 2.85. The average molecular weight is 199 g/mol. The second-order valence-corrected chi connectivity index (χ2v) is 4.50. The minimum atomic E-state index is 0.253. The van der Waals surface area contributed by atoms with Crippen molar-refractivity contribution in [1.29, 1.82) is 0 Å². The third kappa shape index (κ3) is 4.97. The van der Waals surface area contributed by atoms with Gasteiger partial charge in [0, 0.05) is 6.04 Å². The third-order valence-corrected chi connectivity index (χ3v) is 3.01. The van der Waals surface area contributed by atoms with Gasteiger partial charge in [0.05, 0.1) is 12.7 Å². The van der Waals surface area contributed by atoms with Crippen LogP contribution in [0.3, 0.4) is 0 Å². The molecule has 0 radical (unpaired) electrons. The molecule has 1 aliphatic carbocycles. The van der Waals surface area contributed by atoms with Crippen LogP contribution in [0.25, 0.3) is 0 Å². The molecule has 84 valence electrons. The average Bonchev–Trinajstić information content (AvgIpc) is 2.43. The summed E-state index contributed by atoms with van der Waals surface area (Å²) in [6, 6.07) is 0.253. The Bertz CT molecular complexity index is 130. The molecule has 1 aliphatic rings. The fraction of sp³-hybridized carbons (Fsp3) is 1.00. The molecular weight excluding hydrogens is 174 g/mol. The van der Waals surface area contributed by atoms with Gasteiger partial charge in [-0.15, -0.1) is 0 Å². The van der Waals surface area contributed by atoms with Gasteiger partial charge in [0.15, 0.2) is 0 Å². The van der Waals surface area contributed by atoms with E-state index in [1.165, 1.54) is 38.5 Å². The lowest BCUT2D eigenvalue weighted by Gasteiger charge is -2.18. The van der Waals surface area contributed by atoms with Crippen LogP contribution in [0.1, 0.15) is 58.3 Å². The fourth-order valence-electron chi connectivity index (χ4n) is 2.12. The molecule has 0 aromatic rings. The summed E-state index contributed by atoms with van der Waals surface area (Å²) in [4.78, 5) is 0. The van der Waals surface area contributed by atoms with Gasteiger partial charge in [0.1, 0.15) is 0 Å². The maximum Gasteiger partial charge on any atom is 0.0621 e. The normalized spacial score (nSPS) is 21.9. The largest absolute Gasteiger partial charge is 0.377 e. The summed E-state index contributed by atoms with van der Waals surface area (Å²) in [6.45, 7) is 2.93. The van der Waals surface area contributed by atoms with Gasteiger partial charge in [-0.25, -0.2) is 0 Å². The zero-order valence-corrected chi connectivity index (χ0v) is 9.50. The Balaban J connectivity index is 2.09. The van der Waals surface area contributed by atoms with Crippen molar-refractivity contribution in [3.63, 3.8) is 0 Å². The van der Waals surface area contributed by atoms with Gasteiger partial charge in [0.25, 0.3) is 0 Å². The molecule has 1 unspecified atom stereocenters. The molecule has 0 bridgehead atoms. The Morgan fingerprint density at radius 1 is 1.21 bits per heavy atom. The van der Waals surface area contributed by atoms with Crippen LogP contribution in [0.15, 0.2) is 0 Å². The highest BCUT2D eigenvalue weighted by Gasteiger charge is 2.13. The molecule has 2 heteroatoms. The highest BCUT2D eigenvalue weighted by atomic mass is 16.5. The number of hydrogen-bond donors (Lipinski definition) is 1. The molecule has 0 aliphatic heterocycles. The third-order valence-electron chi connectivity index (χ3n) is 3.01. The van der Waals surface area contributed by atoms with Gasteiger partial charge in [-0.1, -0.05) is 39.0 Å². The second-order valence-electron chi connectivity index (χ2n) is 4.50. The molecule has 0 aromatic heterocycles. The van der Waals surface area contributed by atoms with E-state index in [0.717, 1.165) is 19.4 Å². The Labute approximate surface area is 88.2 Å². The van der Waals surface area contributed by atoms with Gasteiger partial charge in [-0.05, 0) is 19.3 Å². The first-order valence-corrected chi connectivity index (χ1v) is 6.20. The van der Waals surface area contributed by atoms with Crippen molar-refractivity contribution in [2.75, 3.05) is 6.61 Å². The topological polar surface area (TPSA) is 35.2 Å². The molecular formula is C12H25NO. The van der Waals surface area contributed by atoms with E-state index in [-0.39, 0.29) is 6.04 Å². The van der Waals surface area contributed by atoms with E-state index in [1.54, 1.807) is 0 Å². The van der Waals surface area contributed by atoms with Crippen LogP contribution in [0.4, 0.5) is 0 Å². The molecule has 2 nitrogen and oxygen atoms in total. The summed E-state index contributed by atoms with van der Waals surface area (Å²) >= 11 is 0. The molecule has 0 amide bonds. The Kier molecular flexibility index (Phi) is 6.20. The number of ether oxygens (including phenoxy) is 1. The first-order valence-electron chi connectivity index (χ1n) is 6.20. The molecule has 0 aromatic carbocycles. The monoisotopic (exact) mass is 199 g/mol. The fourth-order valence-corrected chi connectivity index (χ4v) is 2.12. The highest BCUT2D eigenvalue weighted by Crippen LogP contribution is 2.19. The molecule has 0 spiro atoms. The zero-order chi connectivity index (χ0) is 10.2. The Morgan fingerprint density at radius 3 is 2.43 bits per heavy atom. The van der Waals surface area contributed by atoms with Crippen LogP contribution in [-0.4, -0.2) is 18.8 Å². The molecule has 1 atom stereocenters. The van der Waals surface area contributed by atoms with Gasteiger partial charge in [-0.2, -0.15) is 0 Å². The van der Waals surface area contributed by atoms with Crippen LogP contribution in [0.2, 0.25) is 0 Å². The minimum Gasteiger partial charge on any atom is -0.377 e. The van der Waals surface area contributed by atoms with Crippen molar-refractivity contribution in [3.05, 3.63) is 0 Å². The van der Waals surface area contributed by atoms with E-state index in [9.17, 15) is 0 Å². The molecule has 2 N–H and O–H groups in total. The summed E-state index contributed by atoms with van der Waals surface area (Å²) < 4.78 is 5.85. The van der Waals surface area contributed by atoms with Crippen LogP contribution in [0.5, 0.6) is 0 Å². The summed E-state index contributed by atoms with van der Waals surface area (Å²) in [5.41, 5.74) is 5.92. The summed E-state index contributed by atoms with van der Waals surface area (Å²) in [7, 11) is 0. The van der Waals surface area contributed by atoms with Gasteiger partial charge in [0.2, 0.25) is 0 Å². The van der Waals surface area contributed by atoms with Crippen molar-refractivity contribution in [1.82, 2.24) is 0 Å². The lowest BCUT2D eigenvalue weighted by atomic mass is 10.1. The van der Waals surface area contributed by atoms with E-state index < -0.39 is 0 Å². The standard InChI is InChI=1S/C12H25NO/c1-2-7-11(13)10-14-12-8-5-3-4-6-9-12/h11-12H,2-10,13H2,1H3. The highest BCUT2D eigenvalue weighted by molar-refractivity contribution is 4.66. The molecule has 0 heterocycles. The van der Waals surface area contributed by atoms with E-state index in [0.29, 0.717) is 6.10 Å². The van der Waals surface area contributed by atoms with Crippen LogP contribution in [-0.2, 0) is 4.74 Å². The SMILES string of the molecule is CCCC(N)COC1CCCCCC1. The second kappa shape index (κ2) is 7.24. The first-order chi connectivity index (χ1) is 6.83. The van der Waals surface area contributed by atoms with Crippen LogP contribution >= 0.6 is 0 Å².